The predicted octanol–water partition coefficient (Wildman–Crippen LogP) is 6.88. The molecule has 6 rings (SSSR count). The van der Waals surface area contributed by atoms with Gasteiger partial charge in [0.2, 0.25) is 5.88 Å². The molecule has 0 saturated carbocycles. The van der Waals surface area contributed by atoms with E-state index in [0.717, 1.165) is 61.3 Å². The molecule has 3 aromatic carbocycles. The van der Waals surface area contributed by atoms with Crippen molar-refractivity contribution >= 4 is 0 Å². The number of nitrogens with zero attached hydrogens (tertiary/aromatic N) is 3. The summed E-state index contributed by atoms with van der Waals surface area (Å²) in [6, 6.07) is 31.9. The molecule has 0 spiro atoms. The number of halogens is 3. The van der Waals surface area contributed by atoms with Crippen LogP contribution in [-0.4, -0.2) is 46.2 Å². The SMILES string of the molecule is FC(F)(F)c1cc(OC[C@@H]2CC[C@]3(COC(c4ccccc4)(c4ccccc4)c4ccccc4)CCCN23)ncn1. The summed E-state index contributed by atoms with van der Waals surface area (Å²) < 4.78 is 52.4. The van der Waals surface area contributed by atoms with Crippen LogP contribution in [0, 0.1) is 0 Å². The van der Waals surface area contributed by atoms with E-state index in [1.807, 2.05) is 54.6 Å². The summed E-state index contributed by atoms with van der Waals surface area (Å²) in [7, 11) is 0. The van der Waals surface area contributed by atoms with E-state index < -0.39 is 17.5 Å². The second-order valence-electron chi connectivity index (χ2n) is 10.8. The molecular weight excluding hydrogens is 527 g/mol. The third-order valence-electron chi connectivity index (χ3n) is 8.49. The van der Waals surface area contributed by atoms with Crippen LogP contribution in [-0.2, 0) is 16.5 Å². The smallest absolute Gasteiger partial charge is 0.433 e. The van der Waals surface area contributed by atoms with Gasteiger partial charge in [-0.3, -0.25) is 4.90 Å². The highest BCUT2D eigenvalue weighted by atomic mass is 19.4. The number of fused-ring (bicyclic) bond motifs is 1. The van der Waals surface area contributed by atoms with Gasteiger partial charge in [0.1, 0.15) is 18.5 Å². The van der Waals surface area contributed by atoms with Gasteiger partial charge in [-0.25, -0.2) is 9.97 Å². The topological polar surface area (TPSA) is 47.5 Å². The second kappa shape index (κ2) is 11.3. The third kappa shape index (κ3) is 5.34. The van der Waals surface area contributed by atoms with E-state index in [1.165, 1.54) is 0 Å². The lowest BCUT2D eigenvalue weighted by atomic mass is 9.79. The first-order chi connectivity index (χ1) is 19.9. The largest absolute Gasteiger partial charge is 0.476 e. The van der Waals surface area contributed by atoms with Gasteiger partial charge in [-0.1, -0.05) is 91.0 Å². The Balaban J connectivity index is 1.27. The summed E-state index contributed by atoms with van der Waals surface area (Å²) in [5.41, 5.74) is 1.18. The Hall–Kier alpha value is -3.75. The highest BCUT2D eigenvalue weighted by Crippen LogP contribution is 2.47. The standard InChI is InChI=1S/C33H32F3N3O2/c34-33(35,36)29-21-30(38-24-37-29)40-22-28-17-19-31(18-10-20-39(28)31)23-41-32(25-11-4-1-5-12-25,26-13-6-2-7-14-26)27-15-8-3-9-16-27/h1-9,11-16,21,24,28H,10,17-20,22-23H2/t28-,31-/m0/s1. The van der Waals surface area contributed by atoms with Crippen LogP contribution in [0.1, 0.15) is 48.1 Å². The van der Waals surface area contributed by atoms with Crippen molar-refractivity contribution in [3.05, 3.63) is 126 Å². The van der Waals surface area contributed by atoms with E-state index in [-0.39, 0.29) is 24.1 Å². The summed E-state index contributed by atoms with van der Waals surface area (Å²) in [6.07, 6.45) is 0.169. The molecule has 3 heterocycles. The molecule has 0 bridgehead atoms. The first-order valence-corrected chi connectivity index (χ1v) is 14.0. The zero-order valence-corrected chi connectivity index (χ0v) is 22.6. The molecule has 2 aliphatic rings. The van der Waals surface area contributed by atoms with Gasteiger partial charge in [0.25, 0.3) is 0 Å². The number of ether oxygens (including phenoxy) is 2. The zero-order chi connectivity index (χ0) is 28.3. The summed E-state index contributed by atoms with van der Waals surface area (Å²) in [5, 5.41) is 0. The van der Waals surface area contributed by atoms with E-state index in [9.17, 15) is 13.2 Å². The average Bonchev–Trinajstić information content (AvgIpc) is 3.57. The Kier molecular flexibility index (Phi) is 7.53. The van der Waals surface area contributed by atoms with E-state index in [4.69, 9.17) is 9.47 Å². The summed E-state index contributed by atoms with van der Waals surface area (Å²) >= 11 is 0. The molecular formula is C33H32F3N3O2. The third-order valence-corrected chi connectivity index (χ3v) is 8.49. The number of rotatable bonds is 9. The Labute approximate surface area is 238 Å². The first-order valence-electron chi connectivity index (χ1n) is 14.0. The minimum absolute atomic E-state index is 0.0588. The van der Waals surface area contributed by atoms with Crippen LogP contribution in [0.3, 0.4) is 0 Å². The Morgan fingerprint density at radius 3 is 1.95 bits per heavy atom. The van der Waals surface area contributed by atoms with Crippen LogP contribution in [0.15, 0.2) is 103 Å². The summed E-state index contributed by atoms with van der Waals surface area (Å²) in [6.45, 7) is 1.66. The molecule has 4 aromatic rings. The molecule has 0 unspecified atom stereocenters. The van der Waals surface area contributed by atoms with Gasteiger partial charge in [-0.15, -0.1) is 0 Å². The fourth-order valence-corrected chi connectivity index (χ4v) is 6.56. The lowest BCUT2D eigenvalue weighted by molar-refractivity contribution is -0.141. The second-order valence-corrected chi connectivity index (χ2v) is 10.8. The van der Waals surface area contributed by atoms with Gasteiger partial charge in [-0.05, 0) is 48.9 Å². The minimum atomic E-state index is -4.54. The van der Waals surface area contributed by atoms with Crippen LogP contribution in [0.2, 0.25) is 0 Å². The highest BCUT2D eigenvalue weighted by Gasteiger charge is 2.51. The molecule has 0 N–H and O–H groups in total. The minimum Gasteiger partial charge on any atom is -0.476 e. The van der Waals surface area contributed by atoms with Crippen molar-refractivity contribution in [3.8, 4) is 5.88 Å². The van der Waals surface area contributed by atoms with Crippen molar-refractivity contribution in [2.24, 2.45) is 0 Å². The van der Waals surface area contributed by atoms with Gasteiger partial charge in [0.15, 0.2) is 5.69 Å². The fourth-order valence-electron chi connectivity index (χ4n) is 6.56. The normalized spacial score (nSPS) is 21.1. The molecule has 8 heteroatoms. The average molecular weight is 560 g/mol. The molecule has 41 heavy (non-hydrogen) atoms. The van der Waals surface area contributed by atoms with Crippen LogP contribution in [0.25, 0.3) is 0 Å². The van der Waals surface area contributed by atoms with Gasteiger partial charge in [0.05, 0.1) is 6.61 Å². The fraction of sp³-hybridized carbons (Fsp3) is 0.333. The zero-order valence-electron chi connectivity index (χ0n) is 22.6. The van der Waals surface area contributed by atoms with Gasteiger partial charge < -0.3 is 9.47 Å². The quantitative estimate of drug-likeness (QED) is 0.209. The summed E-state index contributed by atoms with van der Waals surface area (Å²) in [5.74, 6) is -0.0588. The van der Waals surface area contributed by atoms with E-state index in [1.54, 1.807) is 0 Å². The number of hydrogen-bond acceptors (Lipinski definition) is 5. The van der Waals surface area contributed by atoms with Crippen LogP contribution in [0.4, 0.5) is 13.2 Å². The lowest BCUT2D eigenvalue weighted by Gasteiger charge is -2.41. The van der Waals surface area contributed by atoms with Crippen molar-refractivity contribution in [1.82, 2.24) is 14.9 Å². The maximum absolute atomic E-state index is 13.1. The molecule has 2 fully saturated rings. The maximum Gasteiger partial charge on any atom is 0.433 e. The number of hydrogen-bond donors (Lipinski definition) is 0. The molecule has 212 valence electrons. The molecule has 2 aliphatic heterocycles. The molecule has 5 nitrogen and oxygen atoms in total. The van der Waals surface area contributed by atoms with Crippen LogP contribution in [0.5, 0.6) is 5.88 Å². The van der Waals surface area contributed by atoms with Crippen molar-refractivity contribution in [2.45, 2.75) is 49.0 Å². The predicted molar refractivity (Wildman–Crippen MR) is 149 cm³/mol. The van der Waals surface area contributed by atoms with Gasteiger partial charge in [0, 0.05) is 17.6 Å². The van der Waals surface area contributed by atoms with Crippen LogP contribution >= 0.6 is 0 Å². The van der Waals surface area contributed by atoms with Crippen molar-refractivity contribution < 1.29 is 22.6 Å². The van der Waals surface area contributed by atoms with Gasteiger partial charge in [-0.2, -0.15) is 13.2 Å². The number of aromatic nitrogens is 2. The molecule has 0 aliphatic carbocycles. The molecule has 2 atom stereocenters. The maximum atomic E-state index is 13.1. The van der Waals surface area contributed by atoms with Crippen molar-refractivity contribution in [1.29, 1.82) is 0 Å². The highest BCUT2D eigenvalue weighted by molar-refractivity contribution is 5.47. The van der Waals surface area contributed by atoms with E-state index in [2.05, 4.69) is 51.3 Å². The Bertz CT molecular complexity index is 1340. The number of alkyl halides is 3. The molecule has 0 amide bonds. The monoisotopic (exact) mass is 559 g/mol. The van der Waals surface area contributed by atoms with E-state index >= 15 is 0 Å². The van der Waals surface area contributed by atoms with Crippen LogP contribution < -0.4 is 4.74 Å². The van der Waals surface area contributed by atoms with E-state index in [0.29, 0.717) is 6.61 Å². The number of benzene rings is 3. The molecule has 2 saturated heterocycles. The molecule has 1 aromatic heterocycles. The Morgan fingerprint density at radius 1 is 0.805 bits per heavy atom. The van der Waals surface area contributed by atoms with Crippen molar-refractivity contribution in [2.75, 3.05) is 19.8 Å². The van der Waals surface area contributed by atoms with Crippen molar-refractivity contribution in [3.63, 3.8) is 0 Å². The summed E-state index contributed by atoms with van der Waals surface area (Å²) in [4.78, 5) is 9.69. The Morgan fingerprint density at radius 2 is 1.39 bits per heavy atom. The first kappa shape index (κ1) is 27.4. The molecule has 0 radical (unpaired) electrons. The lowest BCUT2D eigenvalue weighted by Crippen LogP contribution is -2.49. The van der Waals surface area contributed by atoms with Gasteiger partial charge >= 0.3 is 6.18 Å².